The summed E-state index contributed by atoms with van der Waals surface area (Å²) in [6.07, 6.45) is -2.14. The lowest BCUT2D eigenvalue weighted by Crippen LogP contribution is -2.05. The van der Waals surface area contributed by atoms with Crippen molar-refractivity contribution in [2.24, 2.45) is 0 Å². The third kappa shape index (κ3) is 2.44. The fraction of sp³-hybridized carbons (Fsp3) is 0.0769. The molecule has 3 nitrogen and oxygen atoms in total. The maximum Gasteiger partial charge on any atom is 0.416 e. The molecule has 0 aliphatic rings. The van der Waals surface area contributed by atoms with Crippen LogP contribution in [0.3, 0.4) is 0 Å². The summed E-state index contributed by atoms with van der Waals surface area (Å²) >= 11 is 0. The zero-order chi connectivity index (χ0) is 15.2. The summed E-state index contributed by atoms with van der Waals surface area (Å²) in [4.78, 5) is 2.94. The van der Waals surface area contributed by atoms with Gasteiger partial charge in [0.15, 0.2) is 0 Å². The Kier molecular flexibility index (Phi) is 2.89. The van der Waals surface area contributed by atoms with Gasteiger partial charge in [-0.15, -0.1) is 0 Å². The standard InChI is InChI=1S/C13H6F5N3/c14-11-3-7(4-12(15)20-11)9-6-19-21-2-1-8(5-10(9)21)13(16,17)18/h1-6H. The van der Waals surface area contributed by atoms with E-state index in [1.165, 1.54) is 10.7 Å². The lowest BCUT2D eigenvalue weighted by atomic mass is 10.1. The quantitative estimate of drug-likeness (QED) is 0.506. The predicted molar refractivity (Wildman–Crippen MR) is 63.3 cm³/mol. The Balaban J connectivity index is 2.23. The summed E-state index contributed by atoms with van der Waals surface area (Å²) in [7, 11) is 0. The molecule has 8 heteroatoms. The number of fused-ring (bicyclic) bond motifs is 1. The van der Waals surface area contributed by atoms with Crippen LogP contribution in [0.1, 0.15) is 5.56 Å². The molecule has 0 unspecified atom stereocenters. The average molecular weight is 299 g/mol. The highest BCUT2D eigenvalue weighted by molar-refractivity contribution is 5.80. The van der Waals surface area contributed by atoms with Gasteiger partial charge in [0, 0.05) is 23.9 Å². The van der Waals surface area contributed by atoms with Crippen molar-refractivity contribution in [3.63, 3.8) is 0 Å². The molecule has 0 fully saturated rings. The van der Waals surface area contributed by atoms with E-state index in [9.17, 15) is 22.0 Å². The molecule has 3 heterocycles. The highest BCUT2D eigenvalue weighted by Crippen LogP contribution is 2.32. The minimum atomic E-state index is -4.52. The Morgan fingerprint density at radius 2 is 1.67 bits per heavy atom. The molecule has 21 heavy (non-hydrogen) atoms. The molecule has 3 aromatic heterocycles. The van der Waals surface area contributed by atoms with Gasteiger partial charge in [-0.1, -0.05) is 0 Å². The molecule has 3 rings (SSSR count). The van der Waals surface area contributed by atoms with E-state index < -0.39 is 23.6 Å². The normalized spacial score (nSPS) is 12.0. The third-order valence-electron chi connectivity index (χ3n) is 2.92. The van der Waals surface area contributed by atoms with E-state index in [2.05, 4.69) is 10.1 Å². The van der Waals surface area contributed by atoms with Crippen molar-refractivity contribution in [1.29, 1.82) is 0 Å². The number of hydrogen-bond acceptors (Lipinski definition) is 2. The first kappa shape index (κ1) is 13.5. The largest absolute Gasteiger partial charge is 0.416 e. The summed E-state index contributed by atoms with van der Waals surface area (Å²) < 4.78 is 65.6. The second-order valence-corrected chi connectivity index (χ2v) is 4.30. The monoisotopic (exact) mass is 299 g/mol. The first-order chi connectivity index (χ1) is 9.84. The minimum absolute atomic E-state index is 0.0642. The van der Waals surface area contributed by atoms with Crippen molar-refractivity contribution >= 4 is 5.52 Å². The lowest BCUT2D eigenvalue weighted by molar-refractivity contribution is -0.137. The van der Waals surface area contributed by atoms with Gasteiger partial charge in [0.05, 0.1) is 17.3 Å². The van der Waals surface area contributed by atoms with Crippen LogP contribution >= 0.6 is 0 Å². The van der Waals surface area contributed by atoms with Crippen molar-refractivity contribution in [3.05, 3.63) is 54.1 Å². The number of rotatable bonds is 1. The highest BCUT2D eigenvalue weighted by atomic mass is 19.4. The summed E-state index contributed by atoms with van der Waals surface area (Å²) in [5.74, 6) is -2.12. The number of alkyl halides is 3. The van der Waals surface area contributed by atoms with E-state index in [1.807, 2.05) is 0 Å². The number of hydrogen-bond donors (Lipinski definition) is 0. The number of aromatic nitrogens is 3. The van der Waals surface area contributed by atoms with Crippen LogP contribution in [0.15, 0.2) is 36.7 Å². The first-order valence-corrected chi connectivity index (χ1v) is 5.72. The molecule has 0 atom stereocenters. The van der Waals surface area contributed by atoms with E-state index in [4.69, 9.17) is 0 Å². The smallest absolute Gasteiger partial charge is 0.240 e. The van der Waals surface area contributed by atoms with Gasteiger partial charge in [-0.05, 0) is 17.7 Å². The van der Waals surface area contributed by atoms with Crippen molar-refractivity contribution < 1.29 is 22.0 Å². The summed E-state index contributed by atoms with van der Waals surface area (Å²) in [5.41, 5.74) is -0.530. The Morgan fingerprint density at radius 3 is 2.29 bits per heavy atom. The Bertz CT molecular complexity index is 802. The van der Waals surface area contributed by atoms with Crippen LogP contribution in [0.4, 0.5) is 22.0 Å². The molecule has 0 aromatic carbocycles. The molecule has 108 valence electrons. The minimum Gasteiger partial charge on any atom is -0.240 e. The SMILES string of the molecule is Fc1cc(-c2cnn3ccc(C(F)(F)F)cc23)cc(F)n1. The molecule has 0 saturated heterocycles. The van der Waals surface area contributed by atoms with E-state index >= 15 is 0 Å². The number of pyridine rings is 2. The van der Waals surface area contributed by atoms with E-state index in [0.717, 1.165) is 30.5 Å². The van der Waals surface area contributed by atoms with Gasteiger partial charge < -0.3 is 0 Å². The predicted octanol–water partition coefficient (Wildman–Crippen LogP) is 3.69. The van der Waals surface area contributed by atoms with Gasteiger partial charge in [0.25, 0.3) is 0 Å². The Hall–Kier alpha value is -2.51. The van der Waals surface area contributed by atoms with Crippen LogP contribution in [0.5, 0.6) is 0 Å². The lowest BCUT2D eigenvalue weighted by Gasteiger charge is -2.07. The van der Waals surface area contributed by atoms with Gasteiger partial charge >= 0.3 is 6.18 Å². The molecule has 3 aromatic rings. The van der Waals surface area contributed by atoms with Crippen LogP contribution in [0.2, 0.25) is 0 Å². The third-order valence-corrected chi connectivity index (χ3v) is 2.92. The highest BCUT2D eigenvalue weighted by Gasteiger charge is 2.31. The summed E-state index contributed by atoms with van der Waals surface area (Å²) in [6, 6.07) is 3.61. The van der Waals surface area contributed by atoms with E-state index in [1.54, 1.807) is 0 Å². The van der Waals surface area contributed by atoms with Crippen LogP contribution in [0.25, 0.3) is 16.6 Å². The van der Waals surface area contributed by atoms with Gasteiger partial charge in [-0.3, -0.25) is 0 Å². The van der Waals surface area contributed by atoms with E-state index in [0.29, 0.717) is 0 Å². The van der Waals surface area contributed by atoms with Crippen molar-refractivity contribution in [3.8, 4) is 11.1 Å². The second kappa shape index (κ2) is 4.51. The van der Waals surface area contributed by atoms with Crippen LogP contribution < -0.4 is 0 Å². The molecule has 0 radical (unpaired) electrons. The first-order valence-electron chi connectivity index (χ1n) is 5.72. The molecule has 0 aliphatic heterocycles. The van der Waals surface area contributed by atoms with Gasteiger partial charge in [-0.25, -0.2) is 4.52 Å². The molecule has 0 aliphatic carbocycles. The molecule has 0 N–H and O–H groups in total. The number of nitrogens with zero attached hydrogens (tertiary/aromatic N) is 3. The topological polar surface area (TPSA) is 30.2 Å². The van der Waals surface area contributed by atoms with Crippen LogP contribution in [0, 0.1) is 11.9 Å². The Morgan fingerprint density at radius 1 is 1.00 bits per heavy atom. The summed E-state index contributed by atoms with van der Waals surface area (Å²) in [6.45, 7) is 0. The summed E-state index contributed by atoms with van der Waals surface area (Å²) in [5, 5.41) is 3.86. The van der Waals surface area contributed by atoms with Gasteiger partial charge in [0.1, 0.15) is 0 Å². The average Bonchev–Trinajstić information content (AvgIpc) is 2.79. The van der Waals surface area contributed by atoms with Crippen LogP contribution in [-0.4, -0.2) is 14.6 Å². The fourth-order valence-corrected chi connectivity index (χ4v) is 2.00. The van der Waals surface area contributed by atoms with Crippen molar-refractivity contribution in [2.75, 3.05) is 0 Å². The van der Waals surface area contributed by atoms with Crippen molar-refractivity contribution in [1.82, 2.24) is 14.6 Å². The zero-order valence-corrected chi connectivity index (χ0v) is 10.2. The number of halogens is 5. The molecule has 0 amide bonds. The van der Waals surface area contributed by atoms with Gasteiger partial charge in [-0.2, -0.15) is 32.0 Å². The molecular formula is C13H6F5N3. The molecule has 0 bridgehead atoms. The van der Waals surface area contributed by atoms with Crippen LogP contribution in [-0.2, 0) is 6.18 Å². The van der Waals surface area contributed by atoms with Crippen molar-refractivity contribution in [2.45, 2.75) is 6.18 Å². The zero-order valence-electron chi connectivity index (χ0n) is 10.2. The Labute approximate surface area is 114 Å². The molecule has 0 saturated carbocycles. The van der Waals surface area contributed by atoms with E-state index in [-0.39, 0.29) is 16.6 Å². The maximum atomic E-state index is 13.1. The maximum absolute atomic E-state index is 13.1. The second-order valence-electron chi connectivity index (χ2n) is 4.30. The fourth-order valence-electron chi connectivity index (χ4n) is 2.00. The van der Waals surface area contributed by atoms with Gasteiger partial charge in [0.2, 0.25) is 11.9 Å². The molecular weight excluding hydrogens is 293 g/mol. The molecule has 0 spiro atoms.